The van der Waals surface area contributed by atoms with Crippen LogP contribution in [0.1, 0.15) is 25.3 Å². The van der Waals surface area contributed by atoms with E-state index in [1.54, 1.807) is 6.07 Å². The van der Waals surface area contributed by atoms with Crippen LogP contribution in [0.15, 0.2) is 18.3 Å². The zero-order valence-electron chi connectivity index (χ0n) is 13.4. The minimum Gasteiger partial charge on any atom is -0.471 e. The number of halogens is 5. The van der Waals surface area contributed by atoms with Gasteiger partial charge in [0.05, 0.1) is 5.92 Å². The molecule has 10 heteroatoms. The van der Waals surface area contributed by atoms with Crippen LogP contribution in [-0.2, 0) is 6.54 Å². The summed E-state index contributed by atoms with van der Waals surface area (Å²) >= 11 is 0. The molecular weight excluding hydrogens is 349 g/mol. The van der Waals surface area contributed by atoms with Gasteiger partial charge in [-0.25, -0.2) is 18.6 Å². The highest BCUT2D eigenvalue weighted by atomic mass is 19.4. The molecule has 2 amide bonds. The number of amides is 2. The van der Waals surface area contributed by atoms with Crippen molar-refractivity contribution >= 4 is 6.03 Å². The quantitative estimate of drug-likeness (QED) is 0.759. The van der Waals surface area contributed by atoms with Gasteiger partial charge in [-0.3, -0.25) is 0 Å². The van der Waals surface area contributed by atoms with Crippen molar-refractivity contribution in [3.05, 3.63) is 23.9 Å². The molecule has 0 atom stereocenters. The first-order valence-corrected chi connectivity index (χ1v) is 7.59. The SMILES string of the molecule is CC(F)(F)COc1cc(CNC(=O)NC2CC(C(F)(F)F)C2)ccn1. The van der Waals surface area contributed by atoms with Gasteiger partial charge in [-0.2, -0.15) is 13.2 Å². The molecule has 2 N–H and O–H groups in total. The number of ether oxygens (including phenoxy) is 1. The highest BCUT2D eigenvalue weighted by molar-refractivity contribution is 5.74. The van der Waals surface area contributed by atoms with E-state index in [-0.39, 0.29) is 25.3 Å². The summed E-state index contributed by atoms with van der Waals surface area (Å²) in [7, 11) is 0. The Labute approximate surface area is 140 Å². The molecule has 1 heterocycles. The first kappa shape index (κ1) is 19.2. The van der Waals surface area contributed by atoms with E-state index in [4.69, 9.17) is 4.74 Å². The Morgan fingerprint density at radius 1 is 1.32 bits per heavy atom. The van der Waals surface area contributed by atoms with E-state index in [0.29, 0.717) is 12.5 Å². The monoisotopic (exact) mass is 367 g/mol. The molecule has 0 aromatic carbocycles. The number of carbonyl (C=O) groups is 1. The molecule has 25 heavy (non-hydrogen) atoms. The minimum atomic E-state index is -4.22. The van der Waals surface area contributed by atoms with E-state index >= 15 is 0 Å². The Hall–Kier alpha value is -2.13. The topological polar surface area (TPSA) is 63.2 Å². The largest absolute Gasteiger partial charge is 0.471 e. The Kier molecular flexibility index (Phi) is 5.69. The van der Waals surface area contributed by atoms with Crippen LogP contribution in [0.2, 0.25) is 0 Å². The van der Waals surface area contributed by atoms with Crippen LogP contribution in [0, 0.1) is 5.92 Å². The molecular formula is C15H18F5N3O2. The summed E-state index contributed by atoms with van der Waals surface area (Å²) in [5.74, 6) is -4.37. The first-order valence-electron chi connectivity index (χ1n) is 7.59. The molecule has 1 aliphatic rings. The van der Waals surface area contributed by atoms with Crippen LogP contribution < -0.4 is 15.4 Å². The second kappa shape index (κ2) is 7.40. The molecule has 0 aliphatic heterocycles. The maximum Gasteiger partial charge on any atom is 0.391 e. The second-order valence-electron chi connectivity index (χ2n) is 6.10. The molecule has 1 fully saturated rings. The zero-order valence-corrected chi connectivity index (χ0v) is 13.4. The van der Waals surface area contributed by atoms with E-state index in [0.717, 1.165) is 0 Å². The summed E-state index contributed by atoms with van der Waals surface area (Å²) in [5.41, 5.74) is 0.557. The fourth-order valence-corrected chi connectivity index (χ4v) is 2.26. The van der Waals surface area contributed by atoms with Crippen molar-refractivity contribution in [2.45, 2.75) is 44.5 Å². The average molecular weight is 367 g/mol. The fourth-order valence-electron chi connectivity index (χ4n) is 2.26. The molecule has 0 saturated heterocycles. The van der Waals surface area contributed by atoms with Gasteiger partial charge in [0.1, 0.15) is 0 Å². The van der Waals surface area contributed by atoms with Gasteiger partial charge in [0.15, 0.2) is 6.61 Å². The zero-order chi connectivity index (χ0) is 18.7. The minimum absolute atomic E-state index is 0.00625. The van der Waals surface area contributed by atoms with Gasteiger partial charge in [-0.15, -0.1) is 0 Å². The van der Waals surface area contributed by atoms with Crippen molar-refractivity contribution < 1.29 is 31.5 Å². The molecule has 1 aliphatic carbocycles. The third kappa shape index (κ3) is 6.35. The summed E-state index contributed by atoms with van der Waals surface area (Å²) in [6.45, 7) is -0.0470. The number of aromatic nitrogens is 1. The first-order chi connectivity index (χ1) is 11.5. The van der Waals surface area contributed by atoms with Gasteiger partial charge in [-0.05, 0) is 24.5 Å². The van der Waals surface area contributed by atoms with Crippen LogP contribution in [0.5, 0.6) is 5.88 Å². The highest BCUT2D eigenvalue weighted by Gasteiger charge is 2.48. The lowest BCUT2D eigenvalue weighted by molar-refractivity contribution is -0.198. The van der Waals surface area contributed by atoms with Gasteiger partial charge in [-0.1, -0.05) is 0 Å². The molecule has 5 nitrogen and oxygen atoms in total. The number of nitrogens with one attached hydrogen (secondary N) is 2. The standard InChI is InChI=1S/C15H18F5N3O2/c1-14(16,17)8-25-12-4-9(2-3-21-12)7-22-13(24)23-11-5-10(6-11)15(18,19)20/h2-4,10-11H,5-8H2,1H3,(H2,22,23,24). The molecule has 0 bridgehead atoms. The number of hydrogen-bond acceptors (Lipinski definition) is 3. The maximum atomic E-state index is 12.7. The lowest BCUT2D eigenvalue weighted by Gasteiger charge is -2.36. The van der Waals surface area contributed by atoms with Crippen LogP contribution in [0.3, 0.4) is 0 Å². The summed E-state index contributed by atoms with van der Waals surface area (Å²) in [5, 5.41) is 4.94. The van der Waals surface area contributed by atoms with Crippen LogP contribution >= 0.6 is 0 Å². The van der Waals surface area contributed by atoms with Gasteiger partial charge >= 0.3 is 12.2 Å². The Bertz CT molecular complexity index is 598. The van der Waals surface area contributed by atoms with Crippen molar-refractivity contribution in [1.29, 1.82) is 0 Å². The molecule has 0 radical (unpaired) electrons. The molecule has 1 saturated carbocycles. The third-order valence-corrected chi connectivity index (χ3v) is 3.66. The van der Waals surface area contributed by atoms with Crippen molar-refractivity contribution in [2.75, 3.05) is 6.61 Å². The van der Waals surface area contributed by atoms with E-state index in [1.165, 1.54) is 12.3 Å². The molecule has 140 valence electrons. The van der Waals surface area contributed by atoms with E-state index in [1.807, 2.05) is 0 Å². The van der Waals surface area contributed by atoms with Crippen molar-refractivity contribution in [3.63, 3.8) is 0 Å². The summed E-state index contributed by atoms with van der Waals surface area (Å²) in [4.78, 5) is 15.4. The number of rotatable bonds is 6. The summed E-state index contributed by atoms with van der Waals surface area (Å²) in [6.07, 6.45) is -3.14. The lowest BCUT2D eigenvalue weighted by Crippen LogP contribution is -2.51. The van der Waals surface area contributed by atoms with E-state index < -0.39 is 36.7 Å². The Balaban J connectivity index is 1.73. The van der Waals surface area contributed by atoms with Gasteiger partial charge in [0.2, 0.25) is 5.88 Å². The van der Waals surface area contributed by atoms with Crippen LogP contribution in [0.4, 0.5) is 26.7 Å². The fraction of sp³-hybridized carbons (Fsp3) is 0.600. The molecule has 1 aromatic heterocycles. The van der Waals surface area contributed by atoms with Crippen molar-refractivity contribution in [2.24, 2.45) is 5.92 Å². The van der Waals surface area contributed by atoms with Gasteiger partial charge in [0.25, 0.3) is 5.92 Å². The van der Waals surface area contributed by atoms with Crippen molar-refractivity contribution in [1.82, 2.24) is 15.6 Å². The Morgan fingerprint density at radius 3 is 2.60 bits per heavy atom. The van der Waals surface area contributed by atoms with E-state index in [2.05, 4.69) is 15.6 Å². The van der Waals surface area contributed by atoms with Gasteiger partial charge < -0.3 is 15.4 Å². The predicted octanol–water partition coefficient (Wildman–Crippen LogP) is 3.26. The number of nitrogens with zero attached hydrogens (tertiary/aromatic N) is 1. The predicted molar refractivity (Wildman–Crippen MR) is 78.3 cm³/mol. The number of carbonyl (C=O) groups excluding carboxylic acids is 1. The Morgan fingerprint density at radius 2 is 2.00 bits per heavy atom. The molecule has 0 unspecified atom stereocenters. The number of urea groups is 1. The van der Waals surface area contributed by atoms with Crippen LogP contribution in [0.25, 0.3) is 0 Å². The van der Waals surface area contributed by atoms with E-state index in [9.17, 15) is 26.7 Å². The second-order valence-corrected chi connectivity index (χ2v) is 6.10. The maximum absolute atomic E-state index is 12.7. The number of hydrogen-bond donors (Lipinski definition) is 2. The third-order valence-electron chi connectivity index (χ3n) is 3.66. The normalized spacial score (nSPS) is 20.6. The number of pyridine rings is 1. The summed E-state index contributed by atoms with van der Waals surface area (Å²) in [6, 6.07) is 1.86. The average Bonchev–Trinajstić information content (AvgIpc) is 2.45. The van der Waals surface area contributed by atoms with Gasteiger partial charge in [0, 0.05) is 31.8 Å². The molecule has 1 aromatic rings. The molecule has 2 rings (SSSR count). The van der Waals surface area contributed by atoms with Crippen molar-refractivity contribution in [3.8, 4) is 5.88 Å². The molecule has 0 spiro atoms. The van der Waals surface area contributed by atoms with Crippen LogP contribution in [-0.4, -0.2) is 35.8 Å². The lowest BCUT2D eigenvalue weighted by atomic mass is 9.80. The smallest absolute Gasteiger partial charge is 0.391 e. The summed E-state index contributed by atoms with van der Waals surface area (Å²) < 4.78 is 67.4. The number of alkyl halides is 5. The highest BCUT2D eigenvalue weighted by Crippen LogP contribution is 2.40.